The molecule has 0 atom stereocenters. The fourth-order valence-electron chi connectivity index (χ4n) is 1.41. The van der Waals surface area contributed by atoms with E-state index in [2.05, 4.69) is 21.0 Å². The van der Waals surface area contributed by atoms with Crippen molar-refractivity contribution < 1.29 is 4.74 Å². The monoisotopic (exact) mass is 309 g/mol. The second kappa shape index (κ2) is 5.68. The second-order valence-corrected chi connectivity index (χ2v) is 4.54. The Hall–Kier alpha value is -1.82. The van der Waals surface area contributed by atoms with Gasteiger partial charge in [0.15, 0.2) is 0 Å². The minimum absolute atomic E-state index is 0.191. The van der Waals surface area contributed by atoms with Crippen LogP contribution in [0.5, 0.6) is 5.75 Å². The Bertz CT molecular complexity index is 581. The largest absolute Gasteiger partial charge is 0.492 e. The third-order valence-corrected chi connectivity index (χ3v) is 2.80. The van der Waals surface area contributed by atoms with Crippen LogP contribution in [0.3, 0.4) is 0 Å². The molecule has 5 nitrogen and oxygen atoms in total. The number of anilines is 1. The van der Waals surface area contributed by atoms with E-state index < -0.39 is 0 Å². The Morgan fingerprint density at radius 2 is 1.94 bits per heavy atom. The lowest BCUT2D eigenvalue weighted by atomic mass is 10.3. The van der Waals surface area contributed by atoms with Gasteiger partial charge in [-0.05, 0) is 30.3 Å². The molecule has 0 saturated carbocycles. The predicted molar refractivity (Wildman–Crippen MR) is 72.5 cm³/mol. The molecule has 0 unspecified atom stereocenters. The van der Waals surface area contributed by atoms with Crippen molar-refractivity contribution in [1.82, 2.24) is 9.78 Å². The molecule has 0 fully saturated rings. The zero-order valence-corrected chi connectivity index (χ0v) is 11.1. The van der Waals surface area contributed by atoms with Crippen LogP contribution in [0.25, 0.3) is 0 Å². The maximum atomic E-state index is 11.4. The first-order valence-electron chi connectivity index (χ1n) is 5.37. The molecule has 1 aromatic heterocycles. The number of hydrogen-bond acceptors (Lipinski definition) is 4. The normalized spacial score (nSPS) is 10.3. The SMILES string of the molecule is Nc1ccc(=O)n(CCOc2ccc(Br)cc2)n1. The van der Waals surface area contributed by atoms with Gasteiger partial charge in [0, 0.05) is 10.5 Å². The van der Waals surface area contributed by atoms with Gasteiger partial charge in [-0.1, -0.05) is 15.9 Å². The second-order valence-electron chi connectivity index (χ2n) is 3.62. The third kappa shape index (κ3) is 3.33. The Balaban J connectivity index is 1.94. The molecule has 2 aromatic rings. The molecule has 94 valence electrons. The molecule has 0 saturated heterocycles. The summed E-state index contributed by atoms with van der Waals surface area (Å²) in [6.45, 7) is 0.720. The van der Waals surface area contributed by atoms with Crippen molar-refractivity contribution in [2.24, 2.45) is 0 Å². The van der Waals surface area contributed by atoms with E-state index in [0.29, 0.717) is 19.0 Å². The number of aromatic nitrogens is 2. The van der Waals surface area contributed by atoms with E-state index in [1.807, 2.05) is 24.3 Å². The van der Waals surface area contributed by atoms with Crippen LogP contribution in [0.2, 0.25) is 0 Å². The van der Waals surface area contributed by atoms with Crippen molar-refractivity contribution in [3.8, 4) is 5.75 Å². The number of ether oxygens (including phenoxy) is 1. The fraction of sp³-hybridized carbons (Fsp3) is 0.167. The van der Waals surface area contributed by atoms with E-state index in [1.54, 1.807) is 0 Å². The number of nitrogen functional groups attached to an aromatic ring is 1. The molecule has 1 heterocycles. The van der Waals surface area contributed by atoms with Gasteiger partial charge in [0.25, 0.3) is 5.56 Å². The van der Waals surface area contributed by atoms with Crippen molar-refractivity contribution in [3.63, 3.8) is 0 Å². The summed E-state index contributed by atoms with van der Waals surface area (Å²) in [6, 6.07) is 10.3. The van der Waals surface area contributed by atoms with Crippen LogP contribution < -0.4 is 16.0 Å². The number of nitrogens with zero attached hydrogens (tertiary/aromatic N) is 2. The highest BCUT2D eigenvalue weighted by molar-refractivity contribution is 9.10. The van der Waals surface area contributed by atoms with E-state index >= 15 is 0 Å². The lowest BCUT2D eigenvalue weighted by molar-refractivity contribution is 0.288. The first kappa shape index (κ1) is 12.6. The minimum Gasteiger partial charge on any atom is -0.492 e. The molecule has 2 rings (SSSR count). The lowest BCUT2D eigenvalue weighted by Gasteiger charge is -2.07. The van der Waals surface area contributed by atoms with Crippen LogP contribution in [0, 0.1) is 0 Å². The van der Waals surface area contributed by atoms with Crippen molar-refractivity contribution >= 4 is 21.7 Å². The summed E-state index contributed by atoms with van der Waals surface area (Å²) in [5, 5.41) is 3.91. The Morgan fingerprint density at radius 3 is 2.67 bits per heavy atom. The highest BCUT2D eigenvalue weighted by Crippen LogP contribution is 2.15. The average molecular weight is 310 g/mol. The van der Waals surface area contributed by atoms with Crippen LogP contribution in [0.4, 0.5) is 5.82 Å². The minimum atomic E-state index is -0.191. The van der Waals surface area contributed by atoms with E-state index in [1.165, 1.54) is 16.8 Å². The van der Waals surface area contributed by atoms with Gasteiger partial charge in [-0.3, -0.25) is 4.79 Å². The van der Waals surface area contributed by atoms with Crippen LogP contribution in [0.1, 0.15) is 0 Å². The van der Waals surface area contributed by atoms with E-state index in [4.69, 9.17) is 10.5 Å². The number of nitrogens with two attached hydrogens (primary N) is 1. The molecule has 18 heavy (non-hydrogen) atoms. The van der Waals surface area contributed by atoms with Crippen LogP contribution in [0.15, 0.2) is 45.7 Å². The molecule has 0 amide bonds. The highest BCUT2D eigenvalue weighted by atomic mass is 79.9. The molecule has 6 heteroatoms. The summed E-state index contributed by atoms with van der Waals surface area (Å²) < 4.78 is 7.77. The van der Waals surface area contributed by atoms with Crippen molar-refractivity contribution in [2.75, 3.05) is 12.3 Å². The van der Waals surface area contributed by atoms with E-state index in [0.717, 1.165) is 10.2 Å². The number of halogens is 1. The zero-order chi connectivity index (χ0) is 13.0. The van der Waals surface area contributed by atoms with E-state index in [-0.39, 0.29) is 5.56 Å². The number of benzene rings is 1. The Labute approximate surface area is 112 Å². The van der Waals surface area contributed by atoms with E-state index in [9.17, 15) is 4.79 Å². The fourth-order valence-corrected chi connectivity index (χ4v) is 1.67. The molecule has 0 radical (unpaired) electrons. The molecule has 0 spiro atoms. The molecule has 0 aliphatic rings. The first-order valence-corrected chi connectivity index (χ1v) is 6.16. The summed E-state index contributed by atoms with van der Waals surface area (Å²) in [6.07, 6.45) is 0. The van der Waals surface area contributed by atoms with Gasteiger partial charge in [-0.2, -0.15) is 5.10 Å². The van der Waals surface area contributed by atoms with Gasteiger partial charge in [-0.25, -0.2) is 4.68 Å². The Kier molecular flexibility index (Phi) is 3.99. The smallest absolute Gasteiger partial charge is 0.266 e. The summed E-state index contributed by atoms with van der Waals surface area (Å²) in [5.41, 5.74) is 5.32. The van der Waals surface area contributed by atoms with Gasteiger partial charge in [0.1, 0.15) is 18.2 Å². The first-order chi connectivity index (χ1) is 8.65. The maximum Gasteiger partial charge on any atom is 0.266 e. The maximum absolute atomic E-state index is 11.4. The van der Waals surface area contributed by atoms with Crippen LogP contribution in [-0.4, -0.2) is 16.4 Å². The van der Waals surface area contributed by atoms with Crippen molar-refractivity contribution in [1.29, 1.82) is 0 Å². The highest BCUT2D eigenvalue weighted by Gasteiger charge is 1.99. The lowest BCUT2D eigenvalue weighted by Crippen LogP contribution is -2.25. The van der Waals surface area contributed by atoms with Crippen LogP contribution in [-0.2, 0) is 6.54 Å². The van der Waals surface area contributed by atoms with Gasteiger partial charge >= 0.3 is 0 Å². The average Bonchev–Trinajstić information content (AvgIpc) is 2.36. The number of hydrogen-bond donors (Lipinski definition) is 1. The quantitative estimate of drug-likeness (QED) is 0.932. The van der Waals surface area contributed by atoms with Gasteiger partial charge in [0.05, 0.1) is 6.54 Å². The standard InChI is InChI=1S/C12H12BrN3O2/c13-9-1-3-10(4-2-9)18-8-7-16-12(17)6-5-11(14)15-16/h1-6H,7-8H2,(H2,14,15). The molecular formula is C12H12BrN3O2. The van der Waals surface area contributed by atoms with Gasteiger partial charge < -0.3 is 10.5 Å². The molecule has 0 aliphatic heterocycles. The molecule has 0 aliphatic carbocycles. The molecule has 2 N–H and O–H groups in total. The van der Waals surface area contributed by atoms with Crippen LogP contribution >= 0.6 is 15.9 Å². The summed E-state index contributed by atoms with van der Waals surface area (Å²) in [4.78, 5) is 11.4. The summed E-state index contributed by atoms with van der Waals surface area (Å²) in [7, 11) is 0. The topological polar surface area (TPSA) is 70.1 Å². The zero-order valence-electron chi connectivity index (χ0n) is 9.54. The van der Waals surface area contributed by atoms with Crippen molar-refractivity contribution in [3.05, 3.63) is 51.2 Å². The summed E-state index contributed by atoms with van der Waals surface area (Å²) >= 11 is 3.34. The molecule has 1 aromatic carbocycles. The van der Waals surface area contributed by atoms with Crippen molar-refractivity contribution in [2.45, 2.75) is 6.54 Å². The van der Waals surface area contributed by atoms with Gasteiger partial charge in [-0.15, -0.1) is 0 Å². The summed E-state index contributed by atoms with van der Waals surface area (Å²) in [5.74, 6) is 1.06. The number of rotatable bonds is 4. The Morgan fingerprint density at radius 1 is 1.22 bits per heavy atom. The predicted octanol–water partition coefficient (Wildman–Crippen LogP) is 1.67. The molecule has 0 bridgehead atoms. The molecular weight excluding hydrogens is 298 g/mol. The third-order valence-electron chi connectivity index (χ3n) is 2.27. The van der Waals surface area contributed by atoms with Gasteiger partial charge in [0.2, 0.25) is 0 Å².